The number of aromatic nitrogens is 1. The number of nitrogens with one attached hydrogen (secondary N) is 5. The molecule has 4 rings (SSSR count). The van der Waals surface area contributed by atoms with E-state index in [0.717, 1.165) is 16.5 Å². The van der Waals surface area contributed by atoms with E-state index < -0.39 is 78.6 Å². The van der Waals surface area contributed by atoms with E-state index in [1.807, 2.05) is 24.3 Å². The van der Waals surface area contributed by atoms with Crippen LogP contribution in [0.2, 0.25) is 0 Å². The number of phenolic OH excluding ortho intramolecular Hbond substituents is 1. The van der Waals surface area contributed by atoms with Crippen LogP contribution in [0.4, 0.5) is 0 Å². The number of aldehydes is 1. The third kappa shape index (κ3) is 11.6. The van der Waals surface area contributed by atoms with Gasteiger partial charge in [0.2, 0.25) is 35.4 Å². The number of benzene rings is 2. The second kappa shape index (κ2) is 19.9. The minimum atomic E-state index is -1.23. The lowest BCUT2D eigenvalue weighted by atomic mass is 10.0. The molecule has 0 saturated carbocycles. The summed E-state index contributed by atoms with van der Waals surface area (Å²) in [6, 6.07) is 8.16. The van der Waals surface area contributed by atoms with Crippen LogP contribution in [-0.2, 0) is 46.4 Å². The molecular formula is C37H49N9O8. The van der Waals surface area contributed by atoms with Crippen molar-refractivity contribution in [3.63, 3.8) is 0 Å². The van der Waals surface area contributed by atoms with Gasteiger partial charge < -0.3 is 58.3 Å². The highest BCUT2D eigenvalue weighted by molar-refractivity contribution is 5.96. The van der Waals surface area contributed by atoms with Crippen LogP contribution in [-0.4, -0.2) is 107 Å². The number of hydrogen-bond donors (Lipinski definition) is 9. The number of unbranched alkanes of at least 4 members (excludes halogenated alkanes) is 1. The molecule has 0 bridgehead atoms. The minimum Gasteiger partial charge on any atom is -0.508 e. The lowest BCUT2D eigenvalue weighted by molar-refractivity contribution is -0.140. The van der Waals surface area contributed by atoms with E-state index in [9.17, 15) is 38.7 Å². The molecule has 0 unspecified atom stereocenters. The van der Waals surface area contributed by atoms with Crippen molar-refractivity contribution < 1.29 is 38.7 Å². The van der Waals surface area contributed by atoms with Gasteiger partial charge in [0.1, 0.15) is 30.2 Å². The van der Waals surface area contributed by atoms with Gasteiger partial charge in [-0.3, -0.25) is 28.8 Å². The molecule has 2 aromatic carbocycles. The number of rotatable bonds is 20. The topological polar surface area (TPSA) is 285 Å². The fraction of sp³-hybridized carbons (Fsp3) is 0.432. The van der Waals surface area contributed by atoms with Crippen LogP contribution in [0, 0.1) is 0 Å². The summed E-state index contributed by atoms with van der Waals surface area (Å²) >= 11 is 0. The monoisotopic (exact) mass is 747 g/mol. The van der Waals surface area contributed by atoms with Crippen molar-refractivity contribution in [1.29, 1.82) is 0 Å². The highest BCUT2D eigenvalue weighted by Gasteiger charge is 2.37. The molecule has 12 N–H and O–H groups in total. The van der Waals surface area contributed by atoms with Crippen LogP contribution < -0.4 is 38.5 Å². The van der Waals surface area contributed by atoms with Crippen molar-refractivity contribution in [2.45, 2.75) is 81.6 Å². The van der Waals surface area contributed by atoms with Gasteiger partial charge in [0, 0.05) is 30.1 Å². The number of para-hydroxylation sites is 1. The van der Waals surface area contributed by atoms with E-state index in [1.165, 1.54) is 17.0 Å². The number of H-pyrrole nitrogens is 1. The molecule has 6 amide bonds. The Balaban J connectivity index is 1.44. The molecule has 17 heteroatoms. The summed E-state index contributed by atoms with van der Waals surface area (Å²) < 4.78 is 0. The number of nitrogens with zero attached hydrogens (tertiary/aromatic N) is 1. The van der Waals surface area contributed by atoms with Crippen LogP contribution in [0.3, 0.4) is 0 Å². The fourth-order valence-electron chi connectivity index (χ4n) is 6.38. The molecule has 1 aromatic heterocycles. The molecule has 1 fully saturated rings. The number of nitrogens with two attached hydrogens (primary N) is 3. The van der Waals surface area contributed by atoms with Gasteiger partial charge in [-0.15, -0.1) is 0 Å². The van der Waals surface area contributed by atoms with Gasteiger partial charge in [0.15, 0.2) is 0 Å². The number of aromatic amines is 1. The number of primary amides is 1. The number of hydrogen-bond acceptors (Lipinski definition) is 10. The summed E-state index contributed by atoms with van der Waals surface area (Å²) in [5.41, 5.74) is 19.2. The zero-order valence-corrected chi connectivity index (χ0v) is 29.9. The molecule has 5 atom stereocenters. The average molecular weight is 748 g/mol. The first kappa shape index (κ1) is 41.0. The van der Waals surface area contributed by atoms with Gasteiger partial charge in [-0.2, -0.15) is 0 Å². The Kier molecular flexibility index (Phi) is 15.1. The zero-order valence-electron chi connectivity index (χ0n) is 29.9. The highest BCUT2D eigenvalue weighted by Crippen LogP contribution is 2.21. The third-order valence-corrected chi connectivity index (χ3v) is 9.24. The molecule has 290 valence electrons. The Morgan fingerprint density at radius 1 is 0.926 bits per heavy atom. The van der Waals surface area contributed by atoms with Crippen molar-refractivity contribution in [2.75, 3.05) is 19.6 Å². The van der Waals surface area contributed by atoms with Crippen molar-refractivity contribution in [1.82, 2.24) is 31.2 Å². The summed E-state index contributed by atoms with van der Waals surface area (Å²) in [5, 5.41) is 20.8. The van der Waals surface area contributed by atoms with Gasteiger partial charge >= 0.3 is 0 Å². The number of amides is 6. The maximum absolute atomic E-state index is 13.9. The van der Waals surface area contributed by atoms with Crippen molar-refractivity contribution in [3.8, 4) is 5.75 Å². The van der Waals surface area contributed by atoms with Gasteiger partial charge in [-0.25, -0.2) is 0 Å². The fourth-order valence-corrected chi connectivity index (χ4v) is 6.38. The first-order valence-electron chi connectivity index (χ1n) is 17.9. The van der Waals surface area contributed by atoms with Crippen LogP contribution in [0.15, 0.2) is 54.7 Å². The van der Waals surface area contributed by atoms with Crippen molar-refractivity contribution >= 4 is 52.6 Å². The molecule has 0 radical (unpaired) electrons. The molecule has 54 heavy (non-hydrogen) atoms. The third-order valence-electron chi connectivity index (χ3n) is 9.24. The second-order valence-electron chi connectivity index (χ2n) is 13.3. The Hall–Kier alpha value is -5.81. The molecule has 2 heterocycles. The molecule has 1 saturated heterocycles. The number of aromatic hydroxyl groups is 1. The van der Waals surface area contributed by atoms with Gasteiger partial charge in [0.05, 0.1) is 25.0 Å². The van der Waals surface area contributed by atoms with Gasteiger partial charge in [-0.05, 0) is 74.4 Å². The lowest BCUT2D eigenvalue weighted by Crippen LogP contribution is -2.58. The van der Waals surface area contributed by atoms with Crippen LogP contribution >= 0.6 is 0 Å². The molecule has 1 aliphatic heterocycles. The van der Waals surface area contributed by atoms with E-state index in [4.69, 9.17) is 17.2 Å². The molecule has 0 spiro atoms. The van der Waals surface area contributed by atoms with Gasteiger partial charge in [0.25, 0.3) is 0 Å². The summed E-state index contributed by atoms with van der Waals surface area (Å²) in [6.45, 7) is 0.205. The number of fused-ring (bicyclic) bond motifs is 1. The summed E-state index contributed by atoms with van der Waals surface area (Å²) in [5.74, 6) is -3.78. The predicted octanol–water partition coefficient (Wildman–Crippen LogP) is -1.25. The smallest absolute Gasteiger partial charge is 0.243 e. The summed E-state index contributed by atoms with van der Waals surface area (Å²) in [6.07, 6.45) is 3.85. The number of phenols is 1. The Morgan fingerprint density at radius 3 is 2.35 bits per heavy atom. The average Bonchev–Trinajstić information content (AvgIpc) is 3.81. The van der Waals surface area contributed by atoms with Crippen molar-refractivity contribution in [3.05, 3.63) is 65.9 Å². The van der Waals surface area contributed by atoms with E-state index >= 15 is 0 Å². The van der Waals surface area contributed by atoms with E-state index in [-0.39, 0.29) is 31.6 Å². The first-order valence-corrected chi connectivity index (χ1v) is 17.9. The van der Waals surface area contributed by atoms with Crippen molar-refractivity contribution in [2.24, 2.45) is 17.2 Å². The van der Waals surface area contributed by atoms with E-state index in [0.29, 0.717) is 44.1 Å². The summed E-state index contributed by atoms with van der Waals surface area (Å²) in [4.78, 5) is 94.6. The molecule has 3 aromatic rings. The SMILES string of the molecule is NCCCC[C@H](NC(=O)[C@@H]1CCCN1C(=O)CNC(=O)[C@@H](N)Cc1ccc(O)cc1)C(=O)N[C@@H](Cc1c[nH]c2ccccc12)C(=O)N[C@H](C=O)CC(N)=O. The van der Waals surface area contributed by atoms with E-state index in [2.05, 4.69) is 26.3 Å². The number of carbonyl (C=O) groups excluding carboxylic acids is 7. The Morgan fingerprint density at radius 2 is 1.65 bits per heavy atom. The van der Waals surface area contributed by atoms with E-state index in [1.54, 1.807) is 18.3 Å². The van der Waals surface area contributed by atoms with Crippen LogP contribution in [0.5, 0.6) is 5.75 Å². The predicted molar refractivity (Wildman–Crippen MR) is 198 cm³/mol. The Labute approximate surface area is 312 Å². The quantitative estimate of drug-likeness (QED) is 0.0489. The minimum absolute atomic E-state index is 0.00240. The largest absolute Gasteiger partial charge is 0.508 e. The molecule has 17 nitrogen and oxygen atoms in total. The Bertz CT molecular complexity index is 1800. The maximum Gasteiger partial charge on any atom is 0.243 e. The maximum atomic E-state index is 13.9. The first-order chi connectivity index (χ1) is 25.9. The molecule has 1 aliphatic rings. The highest BCUT2D eigenvalue weighted by atomic mass is 16.3. The number of likely N-dealkylation sites (tertiary alicyclic amines) is 1. The van der Waals surface area contributed by atoms with Crippen LogP contribution in [0.1, 0.15) is 49.7 Å². The number of carbonyl (C=O) groups is 7. The molecule has 0 aliphatic carbocycles. The standard InChI is InChI=1S/C37H49N9O8/c38-14-4-3-8-29(35(52)45-30(36(53)43-24(21-47)18-32(40)49)17-23-19-41-28-7-2-1-6-26(23)28)44-37(54)31-9-5-15-46(31)33(50)20-42-34(51)27(39)16-22-10-12-25(48)13-11-22/h1-2,6-7,10-13,19,21,24,27,29-31,41,48H,3-5,8-9,14-18,20,38-39H2,(H2,40,49)(H,42,51)(H,43,53)(H,44,54)(H,45,52)/t24-,27-,29-,30-,31-/m0/s1. The zero-order chi connectivity index (χ0) is 39.2. The molecular weight excluding hydrogens is 698 g/mol. The lowest BCUT2D eigenvalue weighted by Gasteiger charge is -2.28. The second-order valence-corrected chi connectivity index (χ2v) is 13.3. The summed E-state index contributed by atoms with van der Waals surface area (Å²) in [7, 11) is 0. The van der Waals surface area contributed by atoms with Gasteiger partial charge in [-0.1, -0.05) is 30.3 Å². The normalized spacial score (nSPS) is 16.1. The van der Waals surface area contributed by atoms with Crippen LogP contribution in [0.25, 0.3) is 10.9 Å².